The minimum absolute atomic E-state index is 0.166. The lowest BCUT2D eigenvalue weighted by atomic mass is 9.94. The fourth-order valence-corrected chi connectivity index (χ4v) is 5.28. The Bertz CT molecular complexity index is 1460. The maximum Gasteiger partial charge on any atom is 0.410 e. The second kappa shape index (κ2) is 12.7. The van der Waals surface area contributed by atoms with Crippen LogP contribution >= 0.6 is 0 Å². The lowest BCUT2D eigenvalue weighted by molar-refractivity contribution is 0.0260. The molecular weight excluding hydrogens is 542 g/mol. The van der Waals surface area contributed by atoms with E-state index in [1.54, 1.807) is 9.80 Å². The molecule has 43 heavy (non-hydrogen) atoms. The van der Waals surface area contributed by atoms with Crippen LogP contribution in [-0.4, -0.2) is 65.3 Å². The van der Waals surface area contributed by atoms with Crippen molar-refractivity contribution >= 4 is 34.9 Å². The van der Waals surface area contributed by atoms with Crippen molar-refractivity contribution in [2.45, 2.75) is 79.4 Å². The van der Waals surface area contributed by atoms with Gasteiger partial charge in [-0.15, -0.1) is 0 Å². The molecule has 0 unspecified atom stereocenters. The average Bonchev–Trinajstić information content (AvgIpc) is 2.91. The predicted molar refractivity (Wildman–Crippen MR) is 171 cm³/mol. The van der Waals surface area contributed by atoms with E-state index in [1.165, 1.54) is 11.1 Å². The molecule has 2 heterocycles. The highest BCUT2D eigenvalue weighted by molar-refractivity contribution is 6.04. The molecule has 0 saturated heterocycles. The Labute approximate surface area is 255 Å². The topological polar surface area (TPSA) is 88.2 Å². The van der Waals surface area contributed by atoms with Crippen LogP contribution in [0, 0.1) is 13.8 Å². The molecule has 0 aromatic heterocycles. The summed E-state index contributed by atoms with van der Waals surface area (Å²) in [4.78, 5) is 41.4. The van der Waals surface area contributed by atoms with Gasteiger partial charge in [-0.3, -0.25) is 4.79 Å². The third kappa shape index (κ3) is 8.49. The van der Waals surface area contributed by atoms with Crippen molar-refractivity contribution in [1.29, 1.82) is 0 Å². The van der Waals surface area contributed by atoms with Gasteiger partial charge >= 0.3 is 12.2 Å². The maximum absolute atomic E-state index is 13.1. The largest absolute Gasteiger partial charge is 0.444 e. The molecule has 0 bridgehead atoms. The highest BCUT2D eigenvalue weighted by Gasteiger charge is 2.26. The highest BCUT2D eigenvalue weighted by atomic mass is 16.6. The third-order valence-electron chi connectivity index (χ3n) is 7.39. The standard InChI is InChI=1S/C35H45N3O5/c1-23-21-27(9-11-29(23)25-13-17-37(18-14-25)32(40)42-34(3,4)5)31(39)36-28-10-12-30(24(2)22-28)26-15-19-38(20-16-26)33(41)43-35(6,7)8/h9-13,15,21-22H,14,16-20H2,1-8H3,(H,36,39). The second-order valence-electron chi connectivity index (χ2n) is 13.3. The summed E-state index contributed by atoms with van der Waals surface area (Å²) >= 11 is 0. The molecule has 0 radical (unpaired) electrons. The Morgan fingerprint density at radius 1 is 0.698 bits per heavy atom. The first-order valence-corrected chi connectivity index (χ1v) is 15.0. The van der Waals surface area contributed by atoms with E-state index in [0.717, 1.165) is 40.8 Å². The average molecular weight is 588 g/mol. The van der Waals surface area contributed by atoms with E-state index in [-0.39, 0.29) is 18.1 Å². The summed E-state index contributed by atoms with van der Waals surface area (Å²) in [5.74, 6) is -0.166. The zero-order valence-corrected chi connectivity index (χ0v) is 26.8. The quantitative estimate of drug-likeness (QED) is 0.398. The maximum atomic E-state index is 13.1. The number of ether oxygens (including phenoxy) is 2. The fourth-order valence-electron chi connectivity index (χ4n) is 5.28. The number of carbonyl (C=O) groups is 3. The Morgan fingerprint density at radius 2 is 1.16 bits per heavy atom. The zero-order chi connectivity index (χ0) is 31.5. The number of benzene rings is 2. The summed E-state index contributed by atoms with van der Waals surface area (Å²) in [7, 11) is 0. The molecule has 3 amide bonds. The molecule has 0 atom stereocenters. The van der Waals surface area contributed by atoms with Crippen LogP contribution in [0.2, 0.25) is 0 Å². The van der Waals surface area contributed by atoms with E-state index >= 15 is 0 Å². The Hall–Kier alpha value is -4.07. The lowest BCUT2D eigenvalue weighted by Crippen LogP contribution is -2.39. The number of amides is 3. The summed E-state index contributed by atoms with van der Waals surface area (Å²) in [6, 6.07) is 11.7. The van der Waals surface area contributed by atoms with Crippen molar-refractivity contribution < 1.29 is 23.9 Å². The number of hydrogen-bond acceptors (Lipinski definition) is 5. The first-order chi connectivity index (χ1) is 20.1. The van der Waals surface area contributed by atoms with Gasteiger partial charge in [-0.05, 0) is 126 Å². The van der Waals surface area contributed by atoms with E-state index in [9.17, 15) is 14.4 Å². The molecule has 2 aromatic carbocycles. The molecule has 1 N–H and O–H groups in total. The van der Waals surface area contributed by atoms with Crippen LogP contribution < -0.4 is 5.32 Å². The molecule has 0 saturated carbocycles. The van der Waals surface area contributed by atoms with Gasteiger partial charge in [-0.25, -0.2) is 9.59 Å². The SMILES string of the molecule is Cc1cc(NC(=O)c2ccc(C3=CCN(C(=O)OC(C)(C)C)CC3)c(C)c2)ccc1C1=CCN(C(=O)OC(C)(C)C)CC1. The van der Waals surface area contributed by atoms with Gasteiger partial charge in [0.2, 0.25) is 0 Å². The van der Waals surface area contributed by atoms with Crippen LogP contribution in [0.15, 0.2) is 48.6 Å². The molecular formula is C35H45N3O5. The van der Waals surface area contributed by atoms with E-state index in [1.807, 2.05) is 91.8 Å². The summed E-state index contributed by atoms with van der Waals surface area (Å²) < 4.78 is 11.0. The van der Waals surface area contributed by atoms with Crippen LogP contribution in [0.5, 0.6) is 0 Å². The second-order valence-corrected chi connectivity index (χ2v) is 13.3. The van der Waals surface area contributed by atoms with Gasteiger partial charge in [0.05, 0.1) is 0 Å². The van der Waals surface area contributed by atoms with Gasteiger partial charge in [0.15, 0.2) is 0 Å². The summed E-state index contributed by atoms with van der Waals surface area (Å²) in [5.41, 5.74) is 6.93. The first-order valence-electron chi connectivity index (χ1n) is 15.0. The lowest BCUT2D eigenvalue weighted by Gasteiger charge is -2.30. The van der Waals surface area contributed by atoms with Crippen molar-refractivity contribution in [2.24, 2.45) is 0 Å². The number of aryl methyl sites for hydroxylation is 2. The predicted octanol–water partition coefficient (Wildman–Crippen LogP) is 7.60. The molecule has 8 nitrogen and oxygen atoms in total. The Morgan fingerprint density at radius 3 is 1.56 bits per heavy atom. The summed E-state index contributed by atoms with van der Waals surface area (Å²) in [6.07, 6.45) is 5.03. The van der Waals surface area contributed by atoms with Crippen LogP contribution in [0.1, 0.15) is 87.0 Å². The molecule has 0 aliphatic carbocycles. The van der Waals surface area contributed by atoms with E-state index in [0.29, 0.717) is 31.7 Å². The number of carbonyl (C=O) groups excluding carboxylic acids is 3. The number of anilines is 1. The smallest absolute Gasteiger partial charge is 0.410 e. The fraction of sp³-hybridized carbons (Fsp3) is 0.457. The molecule has 4 rings (SSSR count). The first kappa shape index (κ1) is 31.9. The van der Waals surface area contributed by atoms with Gasteiger partial charge < -0.3 is 24.6 Å². The molecule has 2 aromatic rings. The minimum Gasteiger partial charge on any atom is -0.444 e. The van der Waals surface area contributed by atoms with Gasteiger partial charge in [-0.1, -0.05) is 24.3 Å². The monoisotopic (exact) mass is 587 g/mol. The van der Waals surface area contributed by atoms with E-state index in [2.05, 4.69) is 17.5 Å². The van der Waals surface area contributed by atoms with Crippen LogP contribution in [0.3, 0.4) is 0 Å². The molecule has 0 fully saturated rings. The Kier molecular flexibility index (Phi) is 9.38. The van der Waals surface area contributed by atoms with Crippen LogP contribution in [0.4, 0.5) is 15.3 Å². The minimum atomic E-state index is -0.519. The van der Waals surface area contributed by atoms with Crippen molar-refractivity contribution in [3.63, 3.8) is 0 Å². The number of hydrogen-bond donors (Lipinski definition) is 1. The molecule has 230 valence electrons. The van der Waals surface area contributed by atoms with Gasteiger partial charge in [0.1, 0.15) is 11.2 Å². The molecule has 8 heteroatoms. The van der Waals surface area contributed by atoms with Gasteiger partial charge in [0, 0.05) is 37.4 Å². The van der Waals surface area contributed by atoms with Crippen LogP contribution in [0.25, 0.3) is 11.1 Å². The molecule has 0 spiro atoms. The molecule has 2 aliphatic heterocycles. The highest BCUT2D eigenvalue weighted by Crippen LogP contribution is 2.29. The van der Waals surface area contributed by atoms with Gasteiger partial charge in [-0.2, -0.15) is 0 Å². The summed E-state index contributed by atoms with van der Waals surface area (Å²) in [6.45, 7) is 17.5. The van der Waals surface area contributed by atoms with Crippen molar-refractivity contribution in [2.75, 3.05) is 31.5 Å². The number of nitrogens with one attached hydrogen (secondary N) is 1. The van der Waals surface area contributed by atoms with E-state index < -0.39 is 11.2 Å². The van der Waals surface area contributed by atoms with Crippen molar-refractivity contribution in [3.05, 3.63) is 76.4 Å². The Balaban J connectivity index is 1.37. The third-order valence-corrected chi connectivity index (χ3v) is 7.39. The number of rotatable bonds is 4. The van der Waals surface area contributed by atoms with Gasteiger partial charge in [0.25, 0.3) is 5.91 Å². The van der Waals surface area contributed by atoms with Crippen LogP contribution in [-0.2, 0) is 9.47 Å². The molecule has 2 aliphatic rings. The van der Waals surface area contributed by atoms with E-state index in [4.69, 9.17) is 9.47 Å². The van der Waals surface area contributed by atoms with Crippen molar-refractivity contribution in [1.82, 2.24) is 9.80 Å². The normalized spacial score (nSPS) is 15.8. The zero-order valence-electron chi connectivity index (χ0n) is 26.8. The summed E-state index contributed by atoms with van der Waals surface area (Å²) in [5, 5.41) is 3.04. The number of nitrogens with zero attached hydrogens (tertiary/aromatic N) is 2. The van der Waals surface area contributed by atoms with Crippen molar-refractivity contribution in [3.8, 4) is 0 Å².